The molecule has 0 rings (SSSR count). The molecule has 2 heteroatoms. The molecule has 0 bridgehead atoms. The third kappa shape index (κ3) is 29.6. The van der Waals surface area contributed by atoms with Gasteiger partial charge in [0.05, 0.1) is 0 Å². The van der Waals surface area contributed by atoms with E-state index in [9.17, 15) is 0 Å². The van der Waals surface area contributed by atoms with E-state index in [4.69, 9.17) is 5.11 Å². The highest BCUT2D eigenvalue weighted by Crippen LogP contribution is 2.09. The molecule has 0 unspecified atom stereocenters. The van der Waals surface area contributed by atoms with Crippen molar-refractivity contribution in [1.29, 1.82) is 0 Å². The van der Waals surface area contributed by atoms with Crippen LogP contribution in [0.5, 0.6) is 0 Å². The lowest BCUT2D eigenvalue weighted by molar-refractivity contribution is 0.318. The SMILES string of the molecule is CCCCCCCCC=CCCCCCCCCN(C)C.CCO. The van der Waals surface area contributed by atoms with Gasteiger partial charge in [0, 0.05) is 6.61 Å². The maximum absolute atomic E-state index is 7.57. The number of hydrogen-bond acceptors (Lipinski definition) is 2. The van der Waals surface area contributed by atoms with Gasteiger partial charge in [0.1, 0.15) is 0 Å². The molecule has 0 aliphatic carbocycles. The summed E-state index contributed by atoms with van der Waals surface area (Å²) >= 11 is 0. The lowest BCUT2D eigenvalue weighted by Crippen LogP contribution is -2.12. The topological polar surface area (TPSA) is 23.5 Å². The van der Waals surface area contributed by atoms with E-state index in [0.29, 0.717) is 0 Å². The Kier molecular flexibility index (Phi) is 26.9. The molecule has 0 aliphatic heterocycles. The van der Waals surface area contributed by atoms with Crippen molar-refractivity contribution in [3.63, 3.8) is 0 Å². The minimum Gasteiger partial charge on any atom is -0.397 e. The average molecular weight is 342 g/mol. The van der Waals surface area contributed by atoms with Crippen molar-refractivity contribution in [3.05, 3.63) is 12.2 Å². The lowest BCUT2D eigenvalue weighted by Gasteiger charge is -2.08. The summed E-state index contributed by atoms with van der Waals surface area (Å²) in [6.07, 6.45) is 24.3. The van der Waals surface area contributed by atoms with Crippen molar-refractivity contribution in [1.82, 2.24) is 4.90 Å². The normalized spacial score (nSPS) is 11.1. The molecular formula is C22H47NO. The van der Waals surface area contributed by atoms with Gasteiger partial charge >= 0.3 is 0 Å². The highest BCUT2D eigenvalue weighted by Gasteiger charge is 1.92. The Morgan fingerprint density at radius 2 is 1.00 bits per heavy atom. The molecule has 0 fully saturated rings. The largest absolute Gasteiger partial charge is 0.397 e. The Bertz CT molecular complexity index is 226. The summed E-state index contributed by atoms with van der Waals surface area (Å²) in [7, 11) is 4.33. The molecule has 1 N–H and O–H groups in total. The van der Waals surface area contributed by atoms with E-state index in [0.717, 1.165) is 0 Å². The molecule has 24 heavy (non-hydrogen) atoms. The number of rotatable bonds is 16. The van der Waals surface area contributed by atoms with E-state index in [1.165, 1.54) is 96.4 Å². The second-order valence-corrected chi connectivity index (χ2v) is 7.06. The zero-order chi connectivity index (χ0) is 18.3. The van der Waals surface area contributed by atoms with Crippen LogP contribution in [-0.4, -0.2) is 37.3 Å². The predicted molar refractivity (Wildman–Crippen MR) is 111 cm³/mol. The fourth-order valence-electron chi connectivity index (χ4n) is 2.68. The second-order valence-electron chi connectivity index (χ2n) is 7.06. The predicted octanol–water partition coefficient (Wildman–Crippen LogP) is 6.58. The van der Waals surface area contributed by atoms with Gasteiger partial charge in [0.15, 0.2) is 0 Å². The van der Waals surface area contributed by atoms with Crippen LogP contribution in [0.3, 0.4) is 0 Å². The molecule has 0 amide bonds. The lowest BCUT2D eigenvalue weighted by atomic mass is 10.1. The average Bonchev–Trinajstić information content (AvgIpc) is 2.55. The quantitative estimate of drug-likeness (QED) is 0.253. The van der Waals surface area contributed by atoms with Crippen LogP contribution in [0, 0.1) is 0 Å². The zero-order valence-electron chi connectivity index (χ0n) is 17.4. The van der Waals surface area contributed by atoms with Gasteiger partial charge in [-0.3, -0.25) is 0 Å². The van der Waals surface area contributed by atoms with Crippen LogP contribution < -0.4 is 0 Å². The zero-order valence-corrected chi connectivity index (χ0v) is 17.4. The van der Waals surface area contributed by atoms with Crippen LogP contribution in [-0.2, 0) is 0 Å². The minimum absolute atomic E-state index is 0.250. The Balaban J connectivity index is 0. The molecule has 0 heterocycles. The second kappa shape index (κ2) is 24.9. The van der Waals surface area contributed by atoms with Gasteiger partial charge in [0.2, 0.25) is 0 Å². The van der Waals surface area contributed by atoms with Gasteiger partial charge in [-0.2, -0.15) is 0 Å². The summed E-state index contributed by atoms with van der Waals surface area (Å²) in [6, 6.07) is 0. The smallest absolute Gasteiger partial charge is 0.0402 e. The van der Waals surface area contributed by atoms with E-state index < -0.39 is 0 Å². The Morgan fingerprint density at radius 1 is 0.625 bits per heavy atom. The van der Waals surface area contributed by atoms with Crippen LogP contribution in [0.25, 0.3) is 0 Å². The first-order valence-corrected chi connectivity index (χ1v) is 10.6. The van der Waals surface area contributed by atoms with Crippen LogP contribution in [0.1, 0.15) is 104 Å². The summed E-state index contributed by atoms with van der Waals surface area (Å²) in [6.45, 7) is 5.47. The number of nitrogens with zero attached hydrogens (tertiary/aromatic N) is 1. The van der Waals surface area contributed by atoms with Crippen molar-refractivity contribution < 1.29 is 5.11 Å². The van der Waals surface area contributed by atoms with E-state index in [1.807, 2.05) is 0 Å². The van der Waals surface area contributed by atoms with Gasteiger partial charge in [0.25, 0.3) is 0 Å². The van der Waals surface area contributed by atoms with Crippen LogP contribution in [0.2, 0.25) is 0 Å². The van der Waals surface area contributed by atoms with Gasteiger partial charge in [-0.25, -0.2) is 0 Å². The molecule has 0 atom stereocenters. The fraction of sp³-hybridized carbons (Fsp3) is 0.909. The first kappa shape index (κ1) is 25.9. The minimum atomic E-state index is 0.250. The molecule has 146 valence electrons. The summed E-state index contributed by atoms with van der Waals surface area (Å²) in [5.41, 5.74) is 0. The summed E-state index contributed by atoms with van der Waals surface area (Å²) in [4.78, 5) is 2.29. The van der Waals surface area contributed by atoms with Crippen molar-refractivity contribution in [2.45, 2.75) is 104 Å². The van der Waals surface area contributed by atoms with Crippen molar-refractivity contribution in [2.75, 3.05) is 27.2 Å². The van der Waals surface area contributed by atoms with Crippen LogP contribution in [0.4, 0.5) is 0 Å². The molecule has 0 aliphatic rings. The molecule has 0 aromatic carbocycles. The maximum Gasteiger partial charge on any atom is 0.0402 e. The fourth-order valence-corrected chi connectivity index (χ4v) is 2.68. The molecule has 0 aromatic rings. The van der Waals surface area contributed by atoms with E-state index in [2.05, 4.69) is 38.1 Å². The van der Waals surface area contributed by atoms with E-state index in [-0.39, 0.29) is 6.61 Å². The summed E-state index contributed by atoms with van der Waals surface area (Å²) < 4.78 is 0. The van der Waals surface area contributed by atoms with Gasteiger partial charge in [-0.1, -0.05) is 76.9 Å². The number of allylic oxidation sites excluding steroid dienone is 2. The molecule has 0 spiro atoms. The van der Waals surface area contributed by atoms with Gasteiger partial charge in [-0.05, 0) is 59.7 Å². The monoisotopic (exact) mass is 341 g/mol. The highest BCUT2D eigenvalue weighted by atomic mass is 16.2. The first-order valence-electron chi connectivity index (χ1n) is 10.6. The molecule has 2 nitrogen and oxygen atoms in total. The number of hydrogen-bond donors (Lipinski definition) is 1. The Hall–Kier alpha value is -0.340. The Labute approximate surface area is 153 Å². The number of unbranched alkanes of at least 4 members (excludes halogenated alkanes) is 12. The standard InChI is InChI=1S/C20H41N.C2H6O/c1-4-5-6-7-8-9-10-11-12-13-14-15-16-17-18-19-20-21(2)3;1-2-3/h11-12H,4-10,13-20H2,1-3H3;3H,2H2,1H3. The van der Waals surface area contributed by atoms with Crippen LogP contribution in [0.15, 0.2) is 12.2 Å². The van der Waals surface area contributed by atoms with Crippen molar-refractivity contribution in [3.8, 4) is 0 Å². The molecule has 0 aromatic heterocycles. The highest BCUT2D eigenvalue weighted by molar-refractivity contribution is 4.81. The summed E-state index contributed by atoms with van der Waals surface area (Å²) in [5.74, 6) is 0. The van der Waals surface area contributed by atoms with E-state index >= 15 is 0 Å². The number of aliphatic hydroxyl groups excluding tert-OH is 1. The third-order valence-electron chi connectivity index (χ3n) is 4.12. The molecular weight excluding hydrogens is 294 g/mol. The van der Waals surface area contributed by atoms with Gasteiger partial charge in [-0.15, -0.1) is 0 Å². The summed E-state index contributed by atoms with van der Waals surface area (Å²) in [5, 5.41) is 7.57. The maximum atomic E-state index is 7.57. The molecule has 0 saturated carbocycles. The van der Waals surface area contributed by atoms with Crippen molar-refractivity contribution >= 4 is 0 Å². The van der Waals surface area contributed by atoms with Gasteiger partial charge < -0.3 is 10.0 Å². The third-order valence-corrected chi connectivity index (χ3v) is 4.12. The Morgan fingerprint density at radius 3 is 1.42 bits per heavy atom. The van der Waals surface area contributed by atoms with Crippen molar-refractivity contribution in [2.24, 2.45) is 0 Å². The number of aliphatic hydroxyl groups is 1. The first-order chi connectivity index (χ1) is 11.7. The molecule has 0 radical (unpaired) electrons. The molecule has 0 saturated heterocycles. The van der Waals surface area contributed by atoms with Crippen LogP contribution >= 0.6 is 0 Å². The van der Waals surface area contributed by atoms with E-state index in [1.54, 1.807) is 6.92 Å².